The zero-order valence-electron chi connectivity index (χ0n) is 9.43. The maximum Gasteiger partial charge on any atom is 0.268 e. The molecule has 0 fully saturated rings. The number of hydrogen-bond donors (Lipinski definition) is 1. The van der Waals surface area contributed by atoms with Crippen LogP contribution >= 0.6 is 22.9 Å². The highest BCUT2D eigenvalue weighted by molar-refractivity contribution is 7.13. The summed E-state index contributed by atoms with van der Waals surface area (Å²) in [4.78, 5) is 15.1. The first-order chi connectivity index (χ1) is 8.70. The number of carbonyl (C=O) groups is 1. The van der Waals surface area contributed by atoms with Crippen molar-refractivity contribution in [1.82, 2.24) is 4.98 Å². The van der Waals surface area contributed by atoms with E-state index in [0.717, 1.165) is 16.3 Å². The molecule has 18 heavy (non-hydrogen) atoms. The molecule has 0 aliphatic rings. The third-order valence-corrected chi connectivity index (χ3v) is 3.23. The second-order valence-electron chi connectivity index (χ2n) is 3.47. The maximum atomic E-state index is 11.0. The number of primary amides is 1. The van der Waals surface area contributed by atoms with Gasteiger partial charge in [0, 0.05) is 10.9 Å². The van der Waals surface area contributed by atoms with Crippen LogP contribution in [0.3, 0.4) is 0 Å². The van der Waals surface area contributed by atoms with Gasteiger partial charge in [0.15, 0.2) is 0 Å². The number of carbonyl (C=O) groups excluding carboxylic acids is 1. The fourth-order valence-corrected chi connectivity index (χ4v) is 2.28. The van der Waals surface area contributed by atoms with Crippen molar-refractivity contribution in [2.75, 3.05) is 12.5 Å². The number of nitrogens with two attached hydrogens (primary N) is 1. The monoisotopic (exact) mass is 282 g/mol. The molecule has 2 N–H and O–H groups in total. The lowest BCUT2D eigenvalue weighted by atomic mass is 10.2. The Labute approximate surface area is 113 Å². The second-order valence-corrected chi connectivity index (χ2v) is 4.70. The number of rotatable bonds is 5. The summed E-state index contributed by atoms with van der Waals surface area (Å²) >= 11 is 6.93. The molecule has 0 radical (unpaired) electrons. The molecule has 0 atom stereocenters. The summed E-state index contributed by atoms with van der Waals surface area (Å²) in [5.74, 6) is 0.642. The van der Waals surface area contributed by atoms with Crippen molar-refractivity contribution in [3.63, 3.8) is 0 Å². The van der Waals surface area contributed by atoms with Crippen molar-refractivity contribution < 1.29 is 9.53 Å². The van der Waals surface area contributed by atoms with Gasteiger partial charge in [-0.3, -0.25) is 4.79 Å². The van der Waals surface area contributed by atoms with Crippen LogP contribution in [0.1, 0.15) is 10.5 Å². The molecule has 1 amide bonds. The minimum absolute atomic E-state index is 0.280. The number of ether oxygens (including phenoxy) is 1. The van der Waals surface area contributed by atoms with E-state index in [1.807, 2.05) is 24.3 Å². The summed E-state index contributed by atoms with van der Waals surface area (Å²) in [5.41, 5.74) is 6.33. The Morgan fingerprint density at radius 2 is 2.33 bits per heavy atom. The van der Waals surface area contributed by atoms with Gasteiger partial charge < -0.3 is 10.5 Å². The molecule has 0 unspecified atom stereocenters. The topological polar surface area (TPSA) is 65.2 Å². The van der Waals surface area contributed by atoms with Gasteiger partial charge in [-0.2, -0.15) is 0 Å². The van der Waals surface area contributed by atoms with E-state index in [0.29, 0.717) is 12.5 Å². The number of alkyl halides is 1. The number of hydrogen-bond acceptors (Lipinski definition) is 4. The molecule has 0 aliphatic carbocycles. The zero-order chi connectivity index (χ0) is 13.0. The Morgan fingerprint density at radius 1 is 1.50 bits per heavy atom. The second kappa shape index (κ2) is 5.84. The van der Waals surface area contributed by atoms with Gasteiger partial charge in [0.25, 0.3) is 5.91 Å². The van der Waals surface area contributed by atoms with E-state index in [1.54, 1.807) is 5.38 Å². The molecule has 1 heterocycles. The van der Waals surface area contributed by atoms with Crippen molar-refractivity contribution in [2.24, 2.45) is 5.73 Å². The Morgan fingerprint density at radius 3 is 3.00 bits per heavy atom. The fourth-order valence-electron chi connectivity index (χ4n) is 1.39. The quantitative estimate of drug-likeness (QED) is 0.857. The summed E-state index contributed by atoms with van der Waals surface area (Å²) in [6.07, 6.45) is 0. The highest BCUT2D eigenvalue weighted by atomic mass is 35.5. The van der Waals surface area contributed by atoms with E-state index in [4.69, 9.17) is 22.1 Å². The summed E-state index contributed by atoms with van der Waals surface area (Å²) in [6, 6.07) is 7.47. The number of benzene rings is 1. The largest absolute Gasteiger partial charge is 0.492 e. The van der Waals surface area contributed by atoms with Crippen molar-refractivity contribution in [3.8, 4) is 16.3 Å². The van der Waals surface area contributed by atoms with Crippen LogP contribution in [0, 0.1) is 0 Å². The number of thiazole rings is 1. The Balaban J connectivity index is 2.23. The molecule has 2 aromatic rings. The Kier molecular flexibility index (Phi) is 4.17. The normalized spacial score (nSPS) is 10.3. The standard InChI is InChI=1S/C12H11ClN2O2S/c13-4-5-17-9-3-1-2-8(6-9)12-15-10(7-18-12)11(14)16/h1-3,6-7H,4-5H2,(H2,14,16). The maximum absolute atomic E-state index is 11.0. The number of nitrogens with zero attached hydrogens (tertiary/aromatic N) is 1. The van der Waals surface area contributed by atoms with Crippen LogP contribution in [-0.2, 0) is 0 Å². The van der Waals surface area contributed by atoms with Crippen molar-refractivity contribution in [2.45, 2.75) is 0 Å². The van der Waals surface area contributed by atoms with E-state index in [2.05, 4.69) is 4.98 Å². The lowest BCUT2D eigenvalue weighted by Gasteiger charge is -2.04. The molecule has 0 spiro atoms. The lowest BCUT2D eigenvalue weighted by Crippen LogP contribution is -2.10. The highest BCUT2D eigenvalue weighted by Crippen LogP contribution is 2.26. The van der Waals surface area contributed by atoms with Gasteiger partial charge in [0.05, 0.1) is 5.88 Å². The van der Waals surface area contributed by atoms with Gasteiger partial charge in [0.1, 0.15) is 23.1 Å². The average molecular weight is 283 g/mol. The van der Waals surface area contributed by atoms with Crippen LogP contribution in [0.2, 0.25) is 0 Å². The minimum Gasteiger partial charge on any atom is -0.492 e. The molecule has 0 aliphatic heterocycles. The molecule has 4 nitrogen and oxygen atoms in total. The van der Waals surface area contributed by atoms with Crippen molar-refractivity contribution >= 4 is 28.8 Å². The minimum atomic E-state index is -0.521. The fraction of sp³-hybridized carbons (Fsp3) is 0.167. The van der Waals surface area contributed by atoms with E-state index in [1.165, 1.54) is 11.3 Å². The van der Waals surface area contributed by atoms with Gasteiger partial charge in [0.2, 0.25) is 0 Å². The molecule has 1 aromatic carbocycles. The summed E-state index contributed by atoms with van der Waals surface area (Å²) in [6.45, 7) is 0.454. The van der Waals surface area contributed by atoms with Gasteiger partial charge in [-0.05, 0) is 12.1 Å². The van der Waals surface area contributed by atoms with E-state index in [-0.39, 0.29) is 5.69 Å². The molecular formula is C12H11ClN2O2S. The predicted molar refractivity (Wildman–Crippen MR) is 72.3 cm³/mol. The van der Waals surface area contributed by atoms with E-state index >= 15 is 0 Å². The highest BCUT2D eigenvalue weighted by Gasteiger charge is 2.09. The van der Waals surface area contributed by atoms with Crippen LogP contribution < -0.4 is 10.5 Å². The Hall–Kier alpha value is -1.59. The molecule has 94 valence electrons. The zero-order valence-corrected chi connectivity index (χ0v) is 11.0. The van der Waals surface area contributed by atoms with E-state index < -0.39 is 5.91 Å². The molecule has 6 heteroatoms. The first-order valence-corrected chi connectivity index (χ1v) is 6.66. The molecule has 2 rings (SSSR count). The summed E-state index contributed by atoms with van der Waals surface area (Å²) in [7, 11) is 0. The number of aromatic nitrogens is 1. The van der Waals surface area contributed by atoms with Crippen molar-refractivity contribution in [3.05, 3.63) is 35.3 Å². The van der Waals surface area contributed by atoms with Gasteiger partial charge in [-0.15, -0.1) is 22.9 Å². The summed E-state index contributed by atoms with van der Waals surface area (Å²) < 4.78 is 5.42. The smallest absolute Gasteiger partial charge is 0.268 e. The molecule has 1 aromatic heterocycles. The van der Waals surface area contributed by atoms with Crippen molar-refractivity contribution in [1.29, 1.82) is 0 Å². The lowest BCUT2D eigenvalue weighted by molar-refractivity contribution is 0.0996. The average Bonchev–Trinajstić information content (AvgIpc) is 2.86. The van der Waals surface area contributed by atoms with Crippen LogP contribution in [0.15, 0.2) is 29.6 Å². The van der Waals surface area contributed by atoms with Crippen LogP contribution in [0.4, 0.5) is 0 Å². The van der Waals surface area contributed by atoms with E-state index in [9.17, 15) is 4.79 Å². The number of amides is 1. The number of halogens is 1. The molecule has 0 saturated heterocycles. The van der Waals surface area contributed by atoms with Gasteiger partial charge in [-0.25, -0.2) is 4.98 Å². The molecule has 0 bridgehead atoms. The molecular weight excluding hydrogens is 272 g/mol. The van der Waals surface area contributed by atoms with Gasteiger partial charge >= 0.3 is 0 Å². The third-order valence-electron chi connectivity index (χ3n) is 2.18. The summed E-state index contributed by atoms with van der Waals surface area (Å²) in [5, 5.41) is 2.38. The van der Waals surface area contributed by atoms with Gasteiger partial charge in [-0.1, -0.05) is 12.1 Å². The Bertz CT molecular complexity index is 557. The van der Waals surface area contributed by atoms with Crippen LogP contribution in [0.25, 0.3) is 10.6 Å². The van der Waals surface area contributed by atoms with Crippen LogP contribution in [-0.4, -0.2) is 23.4 Å². The van der Waals surface area contributed by atoms with Crippen LogP contribution in [0.5, 0.6) is 5.75 Å². The SMILES string of the molecule is NC(=O)c1csc(-c2cccc(OCCCl)c2)n1. The predicted octanol–water partition coefficient (Wildman–Crippen LogP) is 2.53. The first kappa shape index (κ1) is 12.9. The molecule has 0 saturated carbocycles. The first-order valence-electron chi connectivity index (χ1n) is 5.25. The third kappa shape index (κ3) is 3.00.